The molecule has 0 spiro atoms. The monoisotopic (exact) mass is 426 g/mol. The quantitative estimate of drug-likeness (QED) is 0.750. The lowest BCUT2D eigenvalue weighted by molar-refractivity contribution is -0.0640. The predicted molar refractivity (Wildman–Crippen MR) is 97.8 cm³/mol. The van der Waals surface area contributed by atoms with E-state index in [-0.39, 0.29) is 17.0 Å². The van der Waals surface area contributed by atoms with Crippen LogP contribution in [0.3, 0.4) is 0 Å². The van der Waals surface area contributed by atoms with Gasteiger partial charge < -0.3 is 14.9 Å². The van der Waals surface area contributed by atoms with Crippen LogP contribution in [-0.2, 0) is 10.0 Å². The number of aliphatic hydroxyl groups is 2. The van der Waals surface area contributed by atoms with Crippen LogP contribution in [0.5, 0.6) is 5.75 Å². The Balaban J connectivity index is 1.91. The van der Waals surface area contributed by atoms with E-state index in [1.807, 2.05) is 0 Å². The van der Waals surface area contributed by atoms with Gasteiger partial charge in [0, 0.05) is 11.6 Å². The fraction of sp³-hybridized carbons (Fsp3) is 0.278. The molecule has 1 fully saturated rings. The van der Waals surface area contributed by atoms with E-state index >= 15 is 0 Å². The molecule has 2 aromatic carbocycles. The van der Waals surface area contributed by atoms with E-state index in [0.717, 1.165) is 22.5 Å². The first-order valence-electron chi connectivity index (χ1n) is 8.15. The highest BCUT2D eigenvalue weighted by molar-refractivity contribution is 7.89. The number of rotatable bonds is 5. The SMILES string of the molecule is N#Cc1cc(F)ccc1S(=O)(=O)N1C[C@H](Oc2ccc(Cl)cc2)[C@](O)(CO)C1. The molecule has 0 bridgehead atoms. The summed E-state index contributed by atoms with van der Waals surface area (Å²) in [6.45, 7) is -1.47. The van der Waals surface area contributed by atoms with E-state index < -0.39 is 40.7 Å². The molecule has 148 valence electrons. The van der Waals surface area contributed by atoms with Crippen molar-refractivity contribution >= 4 is 21.6 Å². The number of aliphatic hydroxyl groups excluding tert-OH is 1. The van der Waals surface area contributed by atoms with E-state index in [1.165, 1.54) is 0 Å². The third-order valence-corrected chi connectivity index (χ3v) is 6.59. The van der Waals surface area contributed by atoms with Crippen LogP contribution in [0.2, 0.25) is 5.02 Å². The van der Waals surface area contributed by atoms with Crippen molar-refractivity contribution in [1.82, 2.24) is 4.31 Å². The van der Waals surface area contributed by atoms with E-state index in [0.29, 0.717) is 10.8 Å². The normalized spacial score (nSPS) is 22.8. The maximum Gasteiger partial charge on any atom is 0.244 e. The molecular weight excluding hydrogens is 411 g/mol. The van der Waals surface area contributed by atoms with Gasteiger partial charge in [-0.15, -0.1) is 0 Å². The van der Waals surface area contributed by atoms with Crippen LogP contribution in [0, 0.1) is 17.1 Å². The molecule has 0 unspecified atom stereocenters. The Labute approximate surface area is 166 Å². The van der Waals surface area contributed by atoms with Gasteiger partial charge in [-0.25, -0.2) is 12.8 Å². The molecular formula is C18H16ClFN2O5S. The van der Waals surface area contributed by atoms with Gasteiger partial charge >= 0.3 is 0 Å². The largest absolute Gasteiger partial charge is 0.486 e. The molecule has 1 aliphatic rings. The standard InChI is InChI=1S/C18H16ClFN2O5S/c19-13-1-4-15(5-2-13)27-17-9-22(10-18(17,24)11-23)28(25,26)16-6-3-14(20)7-12(16)8-21/h1-7,17,23-24H,9-11H2/t17-,18+/m0/s1. The van der Waals surface area contributed by atoms with E-state index in [4.69, 9.17) is 21.6 Å². The molecule has 3 rings (SSSR count). The Morgan fingerprint density at radius 2 is 2.00 bits per heavy atom. The minimum absolute atomic E-state index is 0.274. The van der Waals surface area contributed by atoms with Crippen LogP contribution in [0.4, 0.5) is 4.39 Å². The zero-order chi connectivity index (χ0) is 20.5. The van der Waals surface area contributed by atoms with Crippen molar-refractivity contribution in [3.63, 3.8) is 0 Å². The van der Waals surface area contributed by atoms with Gasteiger partial charge in [0.1, 0.15) is 34.2 Å². The van der Waals surface area contributed by atoms with Gasteiger partial charge in [-0.1, -0.05) is 11.6 Å². The Kier molecular flexibility index (Phi) is 5.61. The zero-order valence-electron chi connectivity index (χ0n) is 14.4. The predicted octanol–water partition coefficient (Wildman–Crippen LogP) is 1.53. The number of nitrogens with zero attached hydrogens (tertiary/aromatic N) is 2. The summed E-state index contributed by atoms with van der Waals surface area (Å²) in [5, 5.41) is 29.9. The number of hydrogen-bond donors (Lipinski definition) is 2. The van der Waals surface area contributed by atoms with Crippen LogP contribution in [-0.4, -0.2) is 54.3 Å². The zero-order valence-corrected chi connectivity index (χ0v) is 16.0. The van der Waals surface area contributed by atoms with Gasteiger partial charge in [0.2, 0.25) is 10.0 Å². The number of hydrogen-bond acceptors (Lipinski definition) is 6. The fourth-order valence-electron chi connectivity index (χ4n) is 2.94. The summed E-state index contributed by atoms with van der Waals surface area (Å²) >= 11 is 5.82. The summed E-state index contributed by atoms with van der Waals surface area (Å²) in [6.07, 6.45) is -1.07. The molecule has 0 saturated carbocycles. The van der Waals surface area contributed by atoms with Gasteiger partial charge in [-0.05, 0) is 42.5 Å². The molecule has 0 aromatic heterocycles. The maximum absolute atomic E-state index is 13.3. The molecule has 0 amide bonds. The van der Waals surface area contributed by atoms with Gasteiger partial charge in [-0.3, -0.25) is 0 Å². The van der Waals surface area contributed by atoms with Crippen LogP contribution in [0.1, 0.15) is 5.56 Å². The third kappa shape index (κ3) is 3.83. The minimum atomic E-state index is -4.24. The van der Waals surface area contributed by atoms with Crippen LogP contribution >= 0.6 is 11.6 Å². The lowest BCUT2D eigenvalue weighted by Gasteiger charge is -2.27. The highest BCUT2D eigenvalue weighted by atomic mass is 35.5. The molecule has 1 heterocycles. The number of halogens is 2. The molecule has 10 heteroatoms. The second kappa shape index (κ2) is 7.66. The molecule has 0 radical (unpaired) electrons. The lowest BCUT2D eigenvalue weighted by Crippen LogP contribution is -2.48. The van der Waals surface area contributed by atoms with E-state index in [1.54, 1.807) is 30.3 Å². The number of ether oxygens (including phenoxy) is 1. The summed E-state index contributed by atoms with van der Waals surface area (Å²) in [7, 11) is -4.24. The van der Waals surface area contributed by atoms with Crippen molar-refractivity contribution in [3.8, 4) is 11.8 Å². The second-order valence-corrected chi connectivity index (χ2v) is 8.71. The average Bonchev–Trinajstić information content (AvgIpc) is 3.01. The minimum Gasteiger partial charge on any atom is -0.486 e. The Bertz CT molecular complexity index is 1030. The number of benzene rings is 2. The van der Waals surface area contributed by atoms with Crippen LogP contribution in [0.15, 0.2) is 47.4 Å². The molecule has 2 aromatic rings. The summed E-state index contributed by atoms with van der Waals surface area (Å²) < 4.78 is 45.8. The van der Waals surface area contributed by atoms with Crippen molar-refractivity contribution in [2.75, 3.05) is 19.7 Å². The van der Waals surface area contributed by atoms with Crippen molar-refractivity contribution in [2.45, 2.75) is 16.6 Å². The Morgan fingerprint density at radius 3 is 2.61 bits per heavy atom. The topological polar surface area (TPSA) is 111 Å². The first kappa shape index (κ1) is 20.5. The van der Waals surface area contributed by atoms with Gasteiger partial charge in [-0.2, -0.15) is 9.57 Å². The van der Waals surface area contributed by atoms with Gasteiger partial charge in [0.05, 0.1) is 18.7 Å². The second-order valence-electron chi connectivity index (χ2n) is 6.37. The van der Waals surface area contributed by atoms with Crippen LogP contribution < -0.4 is 4.74 Å². The highest BCUT2D eigenvalue weighted by Gasteiger charge is 2.51. The summed E-state index contributed by atoms with van der Waals surface area (Å²) in [5.74, 6) is -0.409. The van der Waals surface area contributed by atoms with Gasteiger partial charge in [0.25, 0.3) is 0 Å². The van der Waals surface area contributed by atoms with Crippen molar-refractivity contribution < 1.29 is 27.8 Å². The molecule has 1 saturated heterocycles. The highest BCUT2D eigenvalue weighted by Crippen LogP contribution is 2.32. The molecule has 2 N–H and O–H groups in total. The smallest absolute Gasteiger partial charge is 0.244 e. The fourth-order valence-corrected chi connectivity index (χ4v) is 4.69. The molecule has 28 heavy (non-hydrogen) atoms. The van der Waals surface area contributed by atoms with E-state index in [2.05, 4.69) is 0 Å². The maximum atomic E-state index is 13.3. The number of nitriles is 1. The van der Waals surface area contributed by atoms with Crippen molar-refractivity contribution in [1.29, 1.82) is 5.26 Å². The Morgan fingerprint density at radius 1 is 1.32 bits per heavy atom. The summed E-state index contributed by atoms with van der Waals surface area (Å²) in [4.78, 5) is -0.385. The molecule has 2 atom stereocenters. The Hall–Kier alpha value is -2.22. The lowest BCUT2D eigenvalue weighted by atomic mass is 10.0. The first-order chi connectivity index (χ1) is 13.2. The molecule has 1 aliphatic heterocycles. The number of sulfonamides is 1. The van der Waals surface area contributed by atoms with Crippen LogP contribution in [0.25, 0.3) is 0 Å². The van der Waals surface area contributed by atoms with Crippen molar-refractivity contribution in [3.05, 3.63) is 58.9 Å². The molecule has 7 nitrogen and oxygen atoms in total. The molecule has 0 aliphatic carbocycles. The third-order valence-electron chi connectivity index (χ3n) is 4.46. The average molecular weight is 427 g/mol. The summed E-state index contributed by atoms with van der Waals surface area (Å²) in [6, 6.07) is 10.6. The van der Waals surface area contributed by atoms with E-state index in [9.17, 15) is 23.0 Å². The van der Waals surface area contributed by atoms with Crippen molar-refractivity contribution in [2.24, 2.45) is 0 Å². The first-order valence-corrected chi connectivity index (χ1v) is 9.97. The van der Waals surface area contributed by atoms with Gasteiger partial charge in [0.15, 0.2) is 0 Å². The number of β-amino-alcohol motifs (C(OH)–C–C–N with tert-alkyl or cyclic N) is 1. The summed E-state index contributed by atoms with van der Waals surface area (Å²) in [5.41, 5.74) is -2.21.